The molecule has 0 atom stereocenters. The number of nitrogen functional groups attached to an aromatic ring is 1. The maximum Gasteiger partial charge on any atom is 0.306 e. The van der Waals surface area contributed by atoms with E-state index in [-0.39, 0.29) is 5.97 Å². The SMILES string of the molecule is CCOC(=O)CCSc1ncccc1N. The second kappa shape index (κ2) is 6.29. The lowest BCUT2D eigenvalue weighted by molar-refractivity contribution is -0.142. The standard InChI is InChI=1S/C10H14N2O2S/c1-2-14-9(13)5-7-15-10-8(11)4-3-6-12-10/h3-4,6H,2,5,7,11H2,1H3. The molecule has 5 heteroatoms. The Morgan fingerprint density at radius 3 is 3.13 bits per heavy atom. The van der Waals surface area contributed by atoms with Gasteiger partial charge in [-0.25, -0.2) is 4.98 Å². The highest BCUT2D eigenvalue weighted by Gasteiger charge is 2.04. The summed E-state index contributed by atoms with van der Waals surface area (Å²) in [6, 6.07) is 3.57. The van der Waals surface area contributed by atoms with Crippen molar-refractivity contribution in [3.05, 3.63) is 18.3 Å². The fourth-order valence-corrected chi connectivity index (χ4v) is 1.82. The molecule has 0 spiro atoms. The Kier molecular flexibility index (Phi) is 4.97. The molecule has 1 aromatic heterocycles. The second-order valence-electron chi connectivity index (χ2n) is 2.80. The molecule has 82 valence electrons. The molecule has 0 aromatic carbocycles. The first-order chi connectivity index (χ1) is 7.24. The monoisotopic (exact) mass is 226 g/mol. The summed E-state index contributed by atoms with van der Waals surface area (Å²) in [7, 11) is 0. The van der Waals surface area contributed by atoms with E-state index in [1.807, 2.05) is 0 Å². The van der Waals surface area contributed by atoms with Crippen LogP contribution in [-0.2, 0) is 9.53 Å². The third-order valence-electron chi connectivity index (χ3n) is 1.65. The van der Waals surface area contributed by atoms with Crippen LogP contribution in [0.5, 0.6) is 0 Å². The quantitative estimate of drug-likeness (QED) is 0.611. The number of thioether (sulfide) groups is 1. The Balaban J connectivity index is 2.32. The summed E-state index contributed by atoms with van der Waals surface area (Å²) in [5.74, 6) is 0.458. The van der Waals surface area contributed by atoms with Crippen LogP contribution in [0.25, 0.3) is 0 Å². The van der Waals surface area contributed by atoms with Crippen LogP contribution >= 0.6 is 11.8 Å². The van der Waals surface area contributed by atoms with Crippen LogP contribution in [0.2, 0.25) is 0 Å². The third kappa shape index (κ3) is 4.20. The number of hydrogen-bond acceptors (Lipinski definition) is 5. The molecule has 0 aliphatic rings. The number of carbonyl (C=O) groups excluding carboxylic acids is 1. The molecule has 0 fully saturated rings. The molecule has 1 heterocycles. The summed E-state index contributed by atoms with van der Waals surface area (Å²) >= 11 is 1.46. The molecule has 0 aliphatic heterocycles. The Labute approximate surface area is 93.2 Å². The normalized spacial score (nSPS) is 9.93. The molecule has 1 rings (SSSR count). The fourth-order valence-electron chi connectivity index (χ4n) is 0.988. The Morgan fingerprint density at radius 1 is 1.67 bits per heavy atom. The Bertz CT molecular complexity index is 331. The zero-order valence-corrected chi connectivity index (χ0v) is 9.42. The number of carbonyl (C=O) groups is 1. The van der Waals surface area contributed by atoms with Gasteiger partial charge in [-0.3, -0.25) is 4.79 Å². The van der Waals surface area contributed by atoms with Gasteiger partial charge in [-0.1, -0.05) is 0 Å². The highest BCUT2D eigenvalue weighted by atomic mass is 32.2. The Hall–Kier alpha value is -1.23. The number of pyridine rings is 1. The van der Waals surface area contributed by atoms with Gasteiger partial charge in [0.1, 0.15) is 5.03 Å². The van der Waals surface area contributed by atoms with Gasteiger partial charge >= 0.3 is 5.97 Å². The number of rotatable bonds is 5. The van der Waals surface area contributed by atoms with E-state index in [2.05, 4.69) is 4.98 Å². The average molecular weight is 226 g/mol. The number of nitrogens with zero attached hydrogens (tertiary/aromatic N) is 1. The summed E-state index contributed by atoms with van der Waals surface area (Å²) in [4.78, 5) is 15.1. The van der Waals surface area contributed by atoms with Gasteiger partial charge in [-0.15, -0.1) is 11.8 Å². The number of nitrogens with two attached hydrogens (primary N) is 1. The largest absolute Gasteiger partial charge is 0.466 e. The van der Waals surface area contributed by atoms with E-state index in [4.69, 9.17) is 10.5 Å². The molecule has 4 nitrogen and oxygen atoms in total. The molecule has 2 N–H and O–H groups in total. The lowest BCUT2D eigenvalue weighted by Gasteiger charge is -2.03. The maximum absolute atomic E-state index is 11.0. The van der Waals surface area contributed by atoms with Crippen molar-refractivity contribution in [3.63, 3.8) is 0 Å². The van der Waals surface area contributed by atoms with Gasteiger partial charge < -0.3 is 10.5 Å². The average Bonchev–Trinajstić information content (AvgIpc) is 2.21. The van der Waals surface area contributed by atoms with Crippen molar-refractivity contribution in [1.82, 2.24) is 4.98 Å². The van der Waals surface area contributed by atoms with Crippen molar-refractivity contribution < 1.29 is 9.53 Å². The molecule has 0 radical (unpaired) electrons. The van der Waals surface area contributed by atoms with E-state index >= 15 is 0 Å². The summed E-state index contributed by atoms with van der Waals surface area (Å²) in [5.41, 5.74) is 6.34. The van der Waals surface area contributed by atoms with Crippen LogP contribution in [-0.4, -0.2) is 23.3 Å². The predicted octanol–water partition coefficient (Wildman–Crippen LogP) is 1.71. The van der Waals surface area contributed by atoms with Gasteiger partial charge in [0.25, 0.3) is 0 Å². The van der Waals surface area contributed by atoms with Crippen LogP contribution in [0.4, 0.5) is 5.69 Å². The topological polar surface area (TPSA) is 65.2 Å². The van der Waals surface area contributed by atoms with Gasteiger partial charge in [0.2, 0.25) is 0 Å². The summed E-state index contributed by atoms with van der Waals surface area (Å²) in [5, 5.41) is 0.766. The van der Waals surface area contributed by atoms with Gasteiger partial charge in [0.15, 0.2) is 0 Å². The van der Waals surface area contributed by atoms with Crippen molar-refractivity contribution in [1.29, 1.82) is 0 Å². The smallest absolute Gasteiger partial charge is 0.306 e. The minimum Gasteiger partial charge on any atom is -0.466 e. The summed E-state index contributed by atoms with van der Waals surface area (Å²) in [6.07, 6.45) is 2.07. The van der Waals surface area contributed by atoms with Crippen LogP contribution in [0.1, 0.15) is 13.3 Å². The molecule has 0 aliphatic carbocycles. The number of aromatic nitrogens is 1. The number of anilines is 1. The highest BCUT2D eigenvalue weighted by Crippen LogP contribution is 2.22. The van der Waals surface area contributed by atoms with Gasteiger partial charge in [0.05, 0.1) is 18.7 Å². The lowest BCUT2D eigenvalue weighted by Crippen LogP contribution is -2.04. The van der Waals surface area contributed by atoms with Crippen LogP contribution in [0.3, 0.4) is 0 Å². The first-order valence-corrected chi connectivity index (χ1v) is 5.71. The first kappa shape index (κ1) is 11.8. The highest BCUT2D eigenvalue weighted by molar-refractivity contribution is 7.99. The van der Waals surface area contributed by atoms with Crippen molar-refractivity contribution >= 4 is 23.4 Å². The van der Waals surface area contributed by atoms with E-state index in [0.717, 1.165) is 5.03 Å². The fraction of sp³-hybridized carbons (Fsp3) is 0.400. The van der Waals surface area contributed by atoms with E-state index in [1.165, 1.54) is 11.8 Å². The molecule has 0 saturated carbocycles. The van der Waals surface area contributed by atoms with Crippen molar-refractivity contribution in [3.8, 4) is 0 Å². The van der Waals surface area contributed by atoms with E-state index in [1.54, 1.807) is 25.3 Å². The Morgan fingerprint density at radius 2 is 2.47 bits per heavy atom. The predicted molar refractivity (Wildman–Crippen MR) is 60.6 cm³/mol. The van der Waals surface area contributed by atoms with Gasteiger partial charge in [-0.05, 0) is 19.1 Å². The molecule has 15 heavy (non-hydrogen) atoms. The van der Waals surface area contributed by atoms with Crippen molar-refractivity contribution in [2.45, 2.75) is 18.4 Å². The lowest BCUT2D eigenvalue weighted by atomic mass is 10.4. The van der Waals surface area contributed by atoms with E-state index in [0.29, 0.717) is 24.5 Å². The first-order valence-electron chi connectivity index (χ1n) is 4.73. The minimum atomic E-state index is -0.181. The number of esters is 1. The summed E-state index contributed by atoms with van der Waals surface area (Å²) in [6.45, 7) is 2.22. The van der Waals surface area contributed by atoms with Crippen LogP contribution in [0.15, 0.2) is 23.4 Å². The summed E-state index contributed by atoms with van der Waals surface area (Å²) < 4.78 is 4.81. The van der Waals surface area contributed by atoms with Crippen molar-refractivity contribution in [2.75, 3.05) is 18.1 Å². The molecule has 0 saturated heterocycles. The molecule has 0 amide bonds. The third-order valence-corrected chi connectivity index (χ3v) is 2.67. The molecule has 0 unspecified atom stereocenters. The minimum absolute atomic E-state index is 0.181. The molecular formula is C10H14N2O2S. The second-order valence-corrected chi connectivity index (χ2v) is 3.88. The molecular weight excluding hydrogens is 212 g/mol. The van der Waals surface area contributed by atoms with Gasteiger partial charge in [0, 0.05) is 11.9 Å². The van der Waals surface area contributed by atoms with E-state index < -0.39 is 0 Å². The molecule has 1 aromatic rings. The zero-order chi connectivity index (χ0) is 11.1. The zero-order valence-electron chi connectivity index (χ0n) is 8.60. The number of hydrogen-bond donors (Lipinski definition) is 1. The van der Waals surface area contributed by atoms with E-state index in [9.17, 15) is 4.79 Å². The van der Waals surface area contributed by atoms with Crippen molar-refractivity contribution in [2.24, 2.45) is 0 Å². The van der Waals surface area contributed by atoms with Crippen LogP contribution in [0, 0.1) is 0 Å². The van der Waals surface area contributed by atoms with Gasteiger partial charge in [-0.2, -0.15) is 0 Å². The maximum atomic E-state index is 11.0. The molecule has 0 bridgehead atoms. The van der Waals surface area contributed by atoms with Crippen LogP contribution < -0.4 is 5.73 Å². The number of ether oxygens (including phenoxy) is 1.